The average molecular weight is 312 g/mol. The molecule has 1 aromatic carbocycles. The van der Waals surface area contributed by atoms with E-state index in [2.05, 4.69) is 15.4 Å². The molecule has 2 heterocycles. The average Bonchev–Trinajstić information content (AvgIpc) is 2.93. The molecule has 8 heteroatoms. The van der Waals surface area contributed by atoms with Crippen LogP contribution in [-0.4, -0.2) is 19.1 Å². The normalized spacial score (nSPS) is 11.4. The molecule has 0 aliphatic rings. The molecule has 0 fully saturated rings. The van der Waals surface area contributed by atoms with Crippen LogP contribution in [0.2, 0.25) is 0 Å². The summed E-state index contributed by atoms with van der Waals surface area (Å²) in [5.41, 5.74) is 3.05. The molecule has 0 saturated carbocycles. The van der Waals surface area contributed by atoms with E-state index in [1.165, 1.54) is 11.6 Å². The van der Waals surface area contributed by atoms with E-state index in [9.17, 15) is 9.59 Å². The zero-order valence-electron chi connectivity index (χ0n) is 12.5. The van der Waals surface area contributed by atoms with E-state index < -0.39 is 11.2 Å². The number of hydrazine groups is 1. The van der Waals surface area contributed by atoms with Gasteiger partial charge >= 0.3 is 5.69 Å². The number of anilines is 1. The summed E-state index contributed by atoms with van der Waals surface area (Å²) in [6.45, 7) is 0.381. The molecule has 3 rings (SSSR count). The van der Waals surface area contributed by atoms with Gasteiger partial charge in [0.05, 0.1) is 0 Å². The molecule has 0 aliphatic heterocycles. The van der Waals surface area contributed by atoms with Gasteiger partial charge in [-0.3, -0.25) is 24.3 Å². The topological polar surface area (TPSA) is 111 Å². The molecule has 3 aromatic rings. The number of allylic oxidation sites excluding steroid dienone is 1. The maximum Gasteiger partial charge on any atom is 0.329 e. The number of hydrogen-bond acceptors (Lipinski definition) is 5. The monoisotopic (exact) mass is 312 g/mol. The number of aryl methyl sites for hydroxylation is 1. The number of nitrogens with two attached hydrogens (primary N) is 1. The second-order valence-electron chi connectivity index (χ2n) is 4.99. The van der Waals surface area contributed by atoms with Crippen molar-refractivity contribution in [2.45, 2.75) is 6.54 Å². The number of imidazole rings is 1. The van der Waals surface area contributed by atoms with Gasteiger partial charge in [-0.25, -0.2) is 10.6 Å². The van der Waals surface area contributed by atoms with Crippen molar-refractivity contribution in [2.75, 3.05) is 5.43 Å². The van der Waals surface area contributed by atoms with Crippen molar-refractivity contribution in [1.82, 2.24) is 19.1 Å². The van der Waals surface area contributed by atoms with Gasteiger partial charge in [-0.05, 0) is 5.56 Å². The van der Waals surface area contributed by atoms with Crippen LogP contribution in [0.15, 0.2) is 46.0 Å². The van der Waals surface area contributed by atoms with Crippen molar-refractivity contribution < 1.29 is 0 Å². The van der Waals surface area contributed by atoms with Crippen molar-refractivity contribution in [3.63, 3.8) is 0 Å². The lowest BCUT2D eigenvalue weighted by atomic mass is 10.2. The van der Waals surface area contributed by atoms with Crippen LogP contribution < -0.4 is 22.5 Å². The van der Waals surface area contributed by atoms with Gasteiger partial charge in [-0.2, -0.15) is 4.98 Å². The van der Waals surface area contributed by atoms with Crippen molar-refractivity contribution in [3.8, 4) is 0 Å². The van der Waals surface area contributed by atoms with Gasteiger partial charge < -0.3 is 0 Å². The summed E-state index contributed by atoms with van der Waals surface area (Å²) >= 11 is 0. The van der Waals surface area contributed by atoms with E-state index in [-0.39, 0.29) is 11.2 Å². The fourth-order valence-corrected chi connectivity index (χ4v) is 2.38. The molecular formula is C15H16N6O2. The lowest BCUT2D eigenvalue weighted by Crippen LogP contribution is -2.29. The summed E-state index contributed by atoms with van der Waals surface area (Å²) in [7, 11) is 1.54. The van der Waals surface area contributed by atoms with Gasteiger partial charge in [-0.15, -0.1) is 0 Å². The Labute approximate surface area is 130 Å². The number of hydrogen-bond donors (Lipinski definition) is 3. The minimum absolute atomic E-state index is 0.278. The van der Waals surface area contributed by atoms with E-state index in [4.69, 9.17) is 5.84 Å². The Morgan fingerprint density at radius 2 is 2.04 bits per heavy atom. The van der Waals surface area contributed by atoms with Gasteiger partial charge in [0.25, 0.3) is 5.56 Å². The van der Waals surface area contributed by atoms with E-state index in [1.807, 2.05) is 42.5 Å². The van der Waals surface area contributed by atoms with E-state index >= 15 is 0 Å². The summed E-state index contributed by atoms with van der Waals surface area (Å²) in [6, 6.07) is 9.78. The zero-order chi connectivity index (χ0) is 16.4. The summed E-state index contributed by atoms with van der Waals surface area (Å²) in [5.74, 6) is 5.79. The molecule has 23 heavy (non-hydrogen) atoms. The van der Waals surface area contributed by atoms with Crippen LogP contribution in [0.5, 0.6) is 0 Å². The molecule has 2 aromatic heterocycles. The number of fused-ring (bicyclic) bond motifs is 1. The molecule has 8 nitrogen and oxygen atoms in total. The Morgan fingerprint density at radius 3 is 2.74 bits per heavy atom. The molecular weight excluding hydrogens is 296 g/mol. The Hall–Kier alpha value is -3.13. The molecule has 0 spiro atoms. The predicted molar refractivity (Wildman–Crippen MR) is 88.9 cm³/mol. The van der Waals surface area contributed by atoms with Crippen molar-refractivity contribution in [3.05, 3.63) is 62.8 Å². The molecule has 0 unspecified atom stereocenters. The second-order valence-corrected chi connectivity index (χ2v) is 4.99. The number of H-pyrrole nitrogens is 1. The Kier molecular flexibility index (Phi) is 3.82. The lowest BCUT2D eigenvalue weighted by molar-refractivity contribution is 0.819. The van der Waals surface area contributed by atoms with Crippen LogP contribution in [0.1, 0.15) is 5.56 Å². The first-order chi connectivity index (χ1) is 11.1. The summed E-state index contributed by atoms with van der Waals surface area (Å²) in [5, 5.41) is 0. The maximum atomic E-state index is 12.1. The fraction of sp³-hybridized carbons (Fsp3) is 0.133. The third kappa shape index (κ3) is 2.67. The van der Waals surface area contributed by atoms with Crippen LogP contribution in [0.25, 0.3) is 17.2 Å². The minimum atomic E-state index is -0.518. The number of nitrogens with one attached hydrogen (secondary N) is 2. The highest BCUT2D eigenvalue weighted by molar-refractivity contribution is 5.74. The van der Waals surface area contributed by atoms with Crippen LogP contribution in [0.4, 0.5) is 5.95 Å². The van der Waals surface area contributed by atoms with Crippen LogP contribution in [0.3, 0.4) is 0 Å². The number of aromatic nitrogens is 4. The molecule has 0 amide bonds. The number of nitrogens with zero attached hydrogens (tertiary/aromatic N) is 3. The molecule has 0 bridgehead atoms. The summed E-state index contributed by atoms with van der Waals surface area (Å²) < 4.78 is 2.89. The van der Waals surface area contributed by atoms with Crippen molar-refractivity contribution in [2.24, 2.45) is 12.9 Å². The predicted octanol–water partition coefficient (Wildman–Crippen LogP) is 0.422. The van der Waals surface area contributed by atoms with Gasteiger partial charge in [0.2, 0.25) is 5.95 Å². The third-order valence-electron chi connectivity index (χ3n) is 3.53. The summed E-state index contributed by atoms with van der Waals surface area (Å²) in [4.78, 5) is 30.2. The number of rotatable bonds is 4. The highest BCUT2D eigenvalue weighted by Crippen LogP contribution is 2.14. The summed E-state index contributed by atoms with van der Waals surface area (Å²) in [6.07, 6.45) is 3.82. The van der Waals surface area contributed by atoms with Crippen LogP contribution in [0, 0.1) is 0 Å². The van der Waals surface area contributed by atoms with Gasteiger partial charge in [-0.1, -0.05) is 42.5 Å². The zero-order valence-corrected chi connectivity index (χ0v) is 12.5. The molecule has 0 aliphatic carbocycles. The van der Waals surface area contributed by atoms with Gasteiger partial charge in [0.1, 0.15) is 0 Å². The van der Waals surface area contributed by atoms with Gasteiger partial charge in [0, 0.05) is 13.6 Å². The Morgan fingerprint density at radius 1 is 1.30 bits per heavy atom. The standard InChI is InChI=1S/C15H16N6O2/c1-20-12-11(13(22)18-15(20)23)21(14(17-12)19-16)9-5-8-10-6-3-2-4-7-10/h2-8H,9,16H2,1H3,(H,17,19)(H,18,22,23)/b8-5+. The first-order valence-corrected chi connectivity index (χ1v) is 6.99. The molecule has 0 saturated heterocycles. The quantitative estimate of drug-likeness (QED) is 0.478. The second kappa shape index (κ2) is 5.93. The largest absolute Gasteiger partial charge is 0.329 e. The van der Waals surface area contributed by atoms with Crippen molar-refractivity contribution >= 4 is 23.2 Å². The van der Waals surface area contributed by atoms with Crippen molar-refractivity contribution in [1.29, 1.82) is 0 Å². The lowest BCUT2D eigenvalue weighted by Gasteiger charge is -2.04. The third-order valence-corrected chi connectivity index (χ3v) is 3.53. The maximum absolute atomic E-state index is 12.1. The van der Waals surface area contributed by atoms with E-state index in [1.54, 1.807) is 4.57 Å². The minimum Gasteiger partial charge on any atom is -0.299 e. The van der Waals surface area contributed by atoms with E-state index in [0.29, 0.717) is 12.5 Å². The molecule has 4 N–H and O–H groups in total. The first-order valence-electron chi connectivity index (χ1n) is 6.99. The smallest absolute Gasteiger partial charge is 0.299 e. The highest BCUT2D eigenvalue weighted by Gasteiger charge is 2.15. The van der Waals surface area contributed by atoms with E-state index in [0.717, 1.165) is 5.56 Å². The van der Waals surface area contributed by atoms with Gasteiger partial charge in [0.15, 0.2) is 11.2 Å². The number of aromatic amines is 1. The molecule has 118 valence electrons. The first kappa shape index (κ1) is 14.8. The fourth-order valence-electron chi connectivity index (χ4n) is 2.38. The number of nitrogen functional groups attached to an aromatic ring is 1. The molecule has 0 radical (unpaired) electrons. The Balaban J connectivity index is 2.06. The van der Waals surface area contributed by atoms with Crippen LogP contribution in [-0.2, 0) is 13.6 Å². The number of benzene rings is 1. The SMILES string of the molecule is Cn1c(=O)[nH]c(=O)c2c1nc(NN)n2C/C=C/c1ccccc1. The highest BCUT2D eigenvalue weighted by atomic mass is 16.2. The van der Waals surface area contributed by atoms with Crippen LogP contribution >= 0.6 is 0 Å². The Bertz CT molecular complexity index is 981. The molecule has 0 atom stereocenters.